The number of hydrogen-bond acceptors (Lipinski definition) is 3. The fraction of sp³-hybridized carbons (Fsp3) is 0.222. The van der Waals surface area contributed by atoms with Crippen molar-refractivity contribution in [3.63, 3.8) is 0 Å². The normalized spacial score (nSPS) is 11.5. The van der Waals surface area contributed by atoms with Gasteiger partial charge in [0.2, 0.25) is 0 Å². The van der Waals surface area contributed by atoms with Crippen molar-refractivity contribution in [3.05, 3.63) is 29.3 Å². The van der Waals surface area contributed by atoms with Gasteiger partial charge in [-0.05, 0) is 24.0 Å². The van der Waals surface area contributed by atoms with Crippen LogP contribution in [-0.2, 0) is 6.18 Å². The van der Waals surface area contributed by atoms with E-state index in [4.69, 9.17) is 5.73 Å². The third-order valence-corrected chi connectivity index (χ3v) is 2.33. The lowest BCUT2D eigenvalue weighted by Crippen LogP contribution is -2.11. The lowest BCUT2D eigenvalue weighted by atomic mass is 10.3. The van der Waals surface area contributed by atoms with Crippen molar-refractivity contribution in [2.45, 2.75) is 18.0 Å². The van der Waals surface area contributed by atoms with Crippen LogP contribution in [0.25, 0.3) is 0 Å². The van der Waals surface area contributed by atoms with Gasteiger partial charge < -0.3 is 5.73 Å². The number of pyridine rings is 1. The molecule has 0 aromatic carbocycles. The molecule has 1 aromatic rings. The number of hydrogen-bond donors (Lipinski definition) is 1. The molecule has 2 N–H and O–H groups in total. The third-order valence-electron chi connectivity index (χ3n) is 1.43. The summed E-state index contributed by atoms with van der Waals surface area (Å²) in [6.45, 7) is 5.16. The number of allylic oxidation sites excluding steroid dienone is 1. The zero-order chi connectivity index (χ0) is 11.6. The molecule has 0 aliphatic heterocycles. The summed E-state index contributed by atoms with van der Waals surface area (Å²) in [5, 5.41) is 0. The number of nitrogens with two attached hydrogens (primary N) is 1. The Morgan fingerprint density at radius 3 is 2.53 bits per heavy atom. The van der Waals surface area contributed by atoms with Crippen molar-refractivity contribution in [2.75, 3.05) is 5.73 Å². The number of nitrogen functional groups attached to an aromatic ring is 1. The Bertz CT molecular complexity index is 387. The van der Waals surface area contributed by atoms with Crippen LogP contribution in [0, 0.1) is 0 Å². The molecule has 0 saturated carbocycles. The Kier molecular flexibility index (Phi) is 3.28. The molecular formula is C9H9F3N2S. The standard InChI is InChI=1S/C9H9F3N2S/c1-5(2)15-6-3-4-7(13)14-8(6)9(10,11)12/h3-4H,1H2,2H3,(H2,13,14). The fourth-order valence-electron chi connectivity index (χ4n) is 0.935. The Labute approximate surface area is 89.4 Å². The highest BCUT2D eigenvalue weighted by Gasteiger charge is 2.35. The summed E-state index contributed by atoms with van der Waals surface area (Å²) < 4.78 is 37.6. The number of halogens is 3. The molecule has 0 aliphatic rings. The van der Waals surface area contributed by atoms with E-state index < -0.39 is 11.9 Å². The van der Waals surface area contributed by atoms with Gasteiger partial charge >= 0.3 is 6.18 Å². The van der Waals surface area contributed by atoms with E-state index in [-0.39, 0.29) is 10.7 Å². The maximum Gasteiger partial charge on any atom is 0.434 e. The average molecular weight is 234 g/mol. The van der Waals surface area contributed by atoms with Crippen LogP contribution in [0.15, 0.2) is 28.5 Å². The van der Waals surface area contributed by atoms with Gasteiger partial charge in [-0.3, -0.25) is 0 Å². The van der Waals surface area contributed by atoms with E-state index in [1.807, 2.05) is 0 Å². The van der Waals surface area contributed by atoms with Gasteiger partial charge in [0.05, 0.1) is 0 Å². The topological polar surface area (TPSA) is 38.9 Å². The van der Waals surface area contributed by atoms with Gasteiger partial charge in [-0.25, -0.2) is 4.98 Å². The van der Waals surface area contributed by atoms with Crippen molar-refractivity contribution in [2.24, 2.45) is 0 Å². The molecule has 15 heavy (non-hydrogen) atoms. The predicted molar refractivity (Wildman–Crippen MR) is 54.3 cm³/mol. The Morgan fingerprint density at radius 2 is 2.07 bits per heavy atom. The maximum absolute atomic E-state index is 12.5. The molecule has 1 aromatic heterocycles. The van der Waals surface area contributed by atoms with Crippen molar-refractivity contribution < 1.29 is 13.2 Å². The highest BCUT2D eigenvalue weighted by molar-refractivity contribution is 8.03. The summed E-state index contributed by atoms with van der Waals surface area (Å²) in [5.74, 6) is -0.145. The van der Waals surface area contributed by atoms with Gasteiger partial charge in [0.25, 0.3) is 0 Å². The van der Waals surface area contributed by atoms with Crippen LogP contribution in [-0.4, -0.2) is 4.98 Å². The molecule has 0 amide bonds. The number of nitrogens with zero attached hydrogens (tertiary/aromatic N) is 1. The Balaban J connectivity index is 3.20. The number of aromatic nitrogens is 1. The first-order valence-electron chi connectivity index (χ1n) is 3.98. The molecule has 0 unspecified atom stereocenters. The summed E-state index contributed by atoms with van der Waals surface area (Å²) in [6.07, 6.45) is -4.49. The van der Waals surface area contributed by atoms with Gasteiger partial charge in [-0.15, -0.1) is 0 Å². The Hall–Kier alpha value is -1.17. The van der Waals surface area contributed by atoms with Crippen LogP contribution >= 0.6 is 11.8 Å². The first-order valence-corrected chi connectivity index (χ1v) is 4.79. The molecule has 0 radical (unpaired) electrons. The molecule has 82 valence electrons. The van der Waals surface area contributed by atoms with E-state index in [1.165, 1.54) is 12.1 Å². The smallest absolute Gasteiger partial charge is 0.384 e. The van der Waals surface area contributed by atoms with Crippen LogP contribution in [0.5, 0.6) is 0 Å². The summed E-state index contributed by atoms with van der Waals surface area (Å²) in [5.41, 5.74) is 4.25. The van der Waals surface area contributed by atoms with E-state index >= 15 is 0 Å². The molecule has 1 heterocycles. The fourth-order valence-corrected chi connectivity index (χ4v) is 1.70. The van der Waals surface area contributed by atoms with Gasteiger partial charge in [0, 0.05) is 4.90 Å². The molecule has 0 spiro atoms. The summed E-state index contributed by atoms with van der Waals surface area (Å²) in [6, 6.07) is 2.63. The van der Waals surface area contributed by atoms with Gasteiger partial charge in [-0.1, -0.05) is 18.3 Å². The summed E-state index contributed by atoms with van der Waals surface area (Å²) >= 11 is 0.928. The second kappa shape index (κ2) is 4.14. The van der Waals surface area contributed by atoms with E-state index in [2.05, 4.69) is 11.6 Å². The Morgan fingerprint density at radius 1 is 1.47 bits per heavy atom. The SMILES string of the molecule is C=C(C)Sc1ccc(N)nc1C(F)(F)F. The first-order chi connectivity index (χ1) is 6.80. The highest BCUT2D eigenvalue weighted by Crippen LogP contribution is 2.37. The molecular weight excluding hydrogens is 225 g/mol. The van der Waals surface area contributed by atoms with E-state index in [9.17, 15) is 13.2 Å². The zero-order valence-electron chi connectivity index (χ0n) is 7.93. The van der Waals surface area contributed by atoms with Crippen molar-refractivity contribution in [1.82, 2.24) is 4.98 Å². The van der Waals surface area contributed by atoms with Crippen molar-refractivity contribution in [1.29, 1.82) is 0 Å². The summed E-state index contributed by atoms with van der Waals surface area (Å²) in [7, 11) is 0. The largest absolute Gasteiger partial charge is 0.434 e. The maximum atomic E-state index is 12.5. The lowest BCUT2D eigenvalue weighted by Gasteiger charge is -2.11. The van der Waals surface area contributed by atoms with Crippen LogP contribution in [0.4, 0.5) is 19.0 Å². The second-order valence-corrected chi connectivity index (χ2v) is 4.23. The molecule has 2 nitrogen and oxygen atoms in total. The number of alkyl halides is 3. The van der Waals surface area contributed by atoms with Crippen molar-refractivity contribution >= 4 is 17.6 Å². The molecule has 0 atom stereocenters. The third kappa shape index (κ3) is 3.16. The summed E-state index contributed by atoms with van der Waals surface area (Å²) in [4.78, 5) is 3.87. The molecule has 6 heteroatoms. The molecule has 0 bridgehead atoms. The van der Waals surface area contributed by atoms with Crippen LogP contribution in [0.2, 0.25) is 0 Å². The average Bonchev–Trinajstić information content (AvgIpc) is 2.05. The number of anilines is 1. The van der Waals surface area contributed by atoms with Crippen LogP contribution in [0.3, 0.4) is 0 Å². The minimum Gasteiger partial charge on any atom is -0.384 e. The second-order valence-electron chi connectivity index (χ2n) is 2.88. The molecule has 0 aliphatic carbocycles. The first kappa shape index (κ1) is 11.9. The molecule has 1 rings (SSSR count). The number of thioether (sulfide) groups is 1. The van der Waals surface area contributed by atoms with E-state index in [0.29, 0.717) is 4.91 Å². The highest BCUT2D eigenvalue weighted by atomic mass is 32.2. The quantitative estimate of drug-likeness (QED) is 0.798. The minimum absolute atomic E-state index is 0.0178. The van der Waals surface area contributed by atoms with E-state index in [0.717, 1.165) is 11.8 Å². The van der Waals surface area contributed by atoms with Gasteiger partial charge in [0.1, 0.15) is 5.82 Å². The van der Waals surface area contributed by atoms with Gasteiger partial charge in [-0.2, -0.15) is 13.2 Å². The molecule has 0 saturated heterocycles. The monoisotopic (exact) mass is 234 g/mol. The zero-order valence-corrected chi connectivity index (χ0v) is 8.75. The van der Waals surface area contributed by atoms with E-state index in [1.54, 1.807) is 6.92 Å². The van der Waals surface area contributed by atoms with Crippen LogP contribution in [0.1, 0.15) is 12.6 Å². The van der Waals surface area contributed by atoms with Crippen molar-refractivity contribution in [3.8, 4) is 0 Å². The van der Waals surface area contributed by atoms with Crippen LogP contribution < -0.4 is 5.73 Å². The lowest BCUT2D eigenvalue weighted by molar-refractivity contribution is -0.143. The molecule has 0 fully saturated rings. The minimum atomic E-state index is -4.49. The van der Waals surface area contributed by atoms with Gasteiger partial charge in [0.15, 0.2) is 5.69 Å². The predicted octanol–water partition coefficient (Wildman–Crippen LogP) is 3.31. The number of rotatable bonds is 2.